The van der Waals surface area contributed by atoms with Gasteiger partial charge in [-0.15, -0.1) is 0 Å². The smallest absolute Gasteiger partial charge is 0.0135 e. The molecule has 3 rings (SSSR count). The molecule has 3 aliphatic carbocycles. The predicted molar refractivity (Wildman–Crippen MR) is 170 cm³/mol. The zero-order valence-corrected chi connectivity index (χ0v) is 26.9. The molecule has 0 aromatic carbocycles. The zero-order chi connectivity index (χ0) is 27.7. The summed E-state index contributed by atoms with van der Waals surface area (Å²) in [5.74, 6) is 8.48. The Bertz CT molecular complexity index is 637. The number of rotatable bonds is 16. The Balaban J connectivity index is 1.39. The van der Waals surface area contributed by atoms with Gasteiger partial charge in [0.2, 0.25) is 0 Å². The third-order valence-electron chi connectivity index (χ3n) is 11.4. The van der Waals surface area contributed by atoms with Crippen LogP contribution in [0.5, 0.6) is 0 Å². The Morgan fingerprint density at radius 1 is 0.500 bits per heavy atom. The van der Waals surface area contributed by atoms with Crippen LogP contribution in [-0.2, 0) is 0 Å². The maximum absolute atomic E-state index is 4.82. The second-order valence-corrected chi connectivity index (χ2v) is 15.7. The summed E-state index contributed by atoms with van der Waals surface area (Å²) in [6.07, 6.45) is 25.8. The minimum absolute atomic E-state index is 0.759. The molecule has 0 radical (unpaired) electrons. The topological polar surface area (TPSA) is 0 Å². The van der Waals surface area contributed by atoms with Crippen LogP contribution in [0.25, 0.3) is 0 Å². The molecule has 220 valence electrons. The van der Waals surface area contributed by atoms with Gasteiger partial charge >= 0.3 is 0 Å². The summed E-state index contributed by atoms with van der Waals surface area (Å²) in [6.45, 7) is 24.1. The van der Waals surface area contributed by atoms with Crippen molar-refractivity contribution in [3.05, 3.63) is 24.3 Å². The van der Waals surface area contributed by atoms with Crippen LogP contribution in [0.3, 0.4) is 0 Å². The quantitative estimate of drug-likeness (QED) is 0.176. The summed E-state index contributed by atoms with van der Waals surface area (Å²) in [6, 6.07) is 0. The molecular weight excluding hydrogens is 456 g/mol. The number of hydrogen-bond acceptors (Lipinski definition) is 0. The van der Waals surface area contributed by atoms with E-state index in [0.29, 0.717) is 0 Å². The average Bonchev–Trinajstić information content (AvgIpc) is 2.86. The molecule has 0 aromatic heterocycles. The van der Waals surface area contributed by atoms with Crippen molar-refractivity contribution in [3.63, 3.8) is 0 Å². The predicted octanol–water partition coefficient (Wildman–Crippen LogP) is 12.4. The minimum Gasteiger partial charge on any atom is -0.0993 e. The Kier molecular flexibility index (Phi) is 13.5. The Morgan fingerprint density at radius 3 is 1.24 bits per heavy atom. The van der Waals surface area contributed by atoms with E-state index in [0.717, 1.165) is 59.2 Å². The molecule has 0 nitrogen and oxygen atoms in total. The van der Waals surface area contributed by atoms with Gasteiger partial charge in [-0.25, -0.2) is 0 Å². The summed E-state index contributed by atoms with van der Waals surface area (Å²) in [5.41, 5.74) is 3.33. The van der Waals surface area contributed by atoms with Crippen molar-refractivity contribution in [2.24, 2.45) is 59.2 Å². The summed E-state index contributed by atoms with van der Waals surface area (Å²) in [4.78, 5) is 0. The SMILES string of the molecule is C=C1C2CCC(CCCC(C)CCCC(C)C)CC2C(=C)C2CCC(CCCC(C)CCCC(C)C)CC12. The Morgan fingerprint density at radius 2 is 0.868 bits per heavy atom. The van der Waals surface area contributed by atoms with Crippen LogP contribution in [0.4, 0.5) is 0 Å². The fraction of sp³-hybridized carbons (Fsp3) is 0.895. The standard InChI is InChI=1S/C38H68/c1-27(2)13-9-15-29(5)17-11-19-33-21-23-35-32(8)38-26-34(22-24-36(38)31(7)37(35)25-33)20-12-18-30(6)16-10-14-28(3)4/h27-30,33-38H,7-26H2,1-6H3. The molecule has 0 spiro atoms. The fourth-order valence-corrected chi connectivity index (χ4v) is 8.84. The Labute approximate surface area is 240 Å². The van der Waals surface area contributed by atoms with Gasteiger partial charge in [-0.1, -0.05) is 143 Å². The molecular formula is C38H68. The van der Waals surface area contributed by atoms with Crippen LogP contribution < -0.4 is 0 Å². The monoisotopic (exact) mass is 525 g/mol. The molecule has 0 bridgehead atoms. The summed E-state index contributed by atoms with van der Waals surface area (Å²) >= 11 is 0. The van der Waals surface area contributed by atoms with E-state index in [2.05, 4.69) is 41.5 Å². The van der Waals surface area contributed by atoms with Gasteiger partial charge in [0.1, 0.15) is 0 Å². The van der Waals surface area contributed by atoms with Gasteiger partial charge in [-0.3, -0.25) is 0 Å². The first-order chi connectivity index (χ1) is 18.2. The lowest BCUT2D eigenvalue weighted by Crippen LogP contribution is -2.42. The molecule has 0 aromatic rings. The number of fused-ring (bicyclic) bond motifs is 2. The largest absolute Gasteiger partial charge is 0.0993 e. The van der Waals surface area contributed by atoms with Gasteiger partial charge in [0.25, 0.3) is 0 Å². The van der Waals surface area contributed by atoms with E-state index in [1.807, 2.05) is 0 Å². The fourth-order valence-electron chi connectivity index (χ4n) is 8.84. The van der Waals surface area contributed by atoms with Crippen molar-refractivity contribution in [2.75, 3.05) is 0 Å². The third kappa shape index (κ3) is 9.84. The van der Waals surface area contributed by atoms with Crippen molar-refractivity contribution in [3.8, 4) is 0 Å². The van der Waals surface area contributed by atoms with Crippen molar-refractivity contribution < 1.29 is 0 Å². The molecule has 3 saturated carbocycles. The second kappa shape index (κ2) is 16.1. The summed E-state index contributed by atoms with van der Waals surface area (Å²) in [7, 11) is 0. The van der Waals surface area contributed by atoms with Crippen LogP contribution >= 0.6 is 0 Å². The highest BCUT2D eigenvalue weighted by molar-refractivity contribution is 5.28. The molecule has 3 fully saturated rings. The van der Waals surface area contributed by atoms with Gasteiger partial charge in [-0.05, 0) is 97.7 Å². The lowest BCUT2D eigenvalue weighted by molar-refractivity contribution is 0.118. The third-order valence-corrected chi connectivity index (χ3v) is 11.4. The van der Waals surface area contributed by atoms with Crippen molar-refractivity contribution >= 4 is 0 Å². The minimum atomic E-state index is 0.759. The first-order valence-corrected chi connectivity index (χ1v) is 17.5. The van der Waals surface area contributed by atoms with E-state index in [-0.39, 0.29) is 0 Å². The zero-order valence-electron chi connectivity index (χ0n) is 26.9. The maximum atomic E-state index is 4.82. The van der Waals surface area contributed by atoms with E-state index >= 15 is 0 Å². The van der Waals surface area contributed by atoms with Gasteiger partial charge in [0, 0.05) is 0 Å². The van der Waals surface area contributed by atoms with Crippen LogP contribution in [0.1, 0.15) is 157 Å². The number of hydrogen-bond donors (Lipinski definition) is 0. The lowest BCUT2D eigenvalue weighted by Gasteiger charge is -2.52. The van der Waals surface area contributed by atoms with Crippen LogP contribution in [0.2, 0.25) is 0 Å². The average molecular weight is 525 g/mol. The molecule has 0 amide bonds. The van der Waals surface area contributed by atoms with E-state index in [1.54, 1.807) is 11.1 Å². The summed E-state index contributed by atoms with van der Waals surface area (Å²) in [5, 5.41) is 0. The van der Waals surface area contributed by atoms with Gasteiger partial charge in [-0.2, -0.15) is 0 Å². The molecule has 38 heavy (non-hydrogen) atoms. The molecule has 0 saturated heterocycles. The van der Waals surface area contributed by atoms with E-state index in [4.69, 9.17) is 13.2 Å². The normalized spacial score (nSPS) is 31.4. The number of allylic oxidation sites excluding steroid dienone is 2. The highest BCUT2D eigenvalue weighted by Crippen LogP contribution is 2.57. The summed E-state index contributed by atoms with van der Waals surface area (Å²) < 4.78 is 0. The molecule has 8 atom stereocenters. The molecule has 0 heteroatoms. The highest BCUT2D eigenvalue weighted by Gasteiger charge is 2.46. The van der Waals surface area contributed by atoms with Crippen LogP contribution in [0, 0.1) is 59.2 Å². The van der Waals surface area contributed by atoms with Gasteiger partial charge in [0.05, 0.1) is 0 Å². The van der Waals surface area contributed by atoms with E-state index < -0.39 is 0 Å². The molecule has 0 N–H and O–H groups in total. The van der Waals surface area contributed by atoms with E-state index in [9.17, 15) is 0 Å². The van der Waals surface area contributed by atoms with Crippen LogP contribution in [-0.4, -0.2) is 0 Å². The second-order valence-electron chi connectivity index (χ2n) is 15.7. The van der Waals surface area contributed by atoms with Crippen molar-refractivity contribution in [2.45, 2.75) is 157 Å². The van der Waals surface area contributed by atoms with Crippen molar-refractivity contribution in [1.29, 1.82) is 0 Å². The van der Waals surface area contributed by atoms with Crippen molar-refractivity contribution in [1.82, 2.24) is 0 Å². The van der Waals surface area contributed by atoms with Gasteiger partial charge in [0.15, 0.2) is 0 Å². The Hall–Kier alpha value is -0.520. The molecule has 8 unspecified atom stereocenters. The van der Waals surface area contributed by atoms with E-state index in [1.165, 1.54) is 116 Å². The molecule has 0 heterocycles. The molecule has 0 aliphatic heterocycles. The van der Waals surface area contributed by atoms with Gasteiger partial charge < -0.3 is 0 Å². The maximum Gasteiger partial charge on any atom is -0.0135 e. The van der Waals surface area contributed by atoms with Crippen LogP contribution in [0.15, 0.2) is 24.3 Å². The highest BCUT2D eigenvalue weighted by atomic mass is 14.5. The molecule has 3 aliphatic rings. The lowest BCUT2D eigenvalue weighted by atomic mass is 9.53. The first-order valence-electron chi connectivity index (χ1n) is 17.5. The first kappa shape index (κ1) is 32.0.